The zero-order chi connectivity index (χ0) is 14.4. The summed E-state index contributed by atoms with van der Waals surface area (Å²) in [5.74, 6) is 0.766. The van der Waals surface area contributed by atoms with Gasteiger partial charge >= 0.3 is 0 Å². The van der Waals surface area contributed by atoms with Crippen molar-refractivity contribution in [2.75, 3.05) is 12.3 Å². The molecule has 0 bridgehead atoms. The van der Waals surface area contributed by atoms with Crippen molar-refractivity contribution in [2.24, 2.45) is 0 Å². The lowest BCUT2D eigenvalue weighted by Gasteiger charge is -2.18. The van der Waals surface area contributed by atoms with Crippen molar-refractivity contribution in [1.29, 1.82) is 0 Å². The minimum atomic E-state index is -1.09. The first-order chi connectivity index (χ1) is 9.52. The number of fused-ring (bicyclic) bond motifs is 1. The van der Waals surface area contributed by atoms with Gasteiger partial charge in [0.25, 0.3) is 0 Å². The predicted molar refractivity (Wildman–Crippen MR) is 70.7 cm³/mol. The van der Waals surface area contributed by atoms with Gasteiger partial charge in [0, 0.05) is 0 Å². The third kappa shape index (κ3) is 1.77. The number of nitrogens with two attached hydrogens (primary N) is 1. The Balaban J connectivity index is 2.14. The van der Waals surface area contributed by atoms with E-state index in [4.69, 9.17) is 10.8 Å². The Morgan fingerprint density at radius 2 is 2.10 bits per heavy atom. The van der Waals surface area contributed by atoms with E-state index in [0.717, 1.165) is 0 Å². The Morgan fingerprint density at radius 3 is 2.75 bits per heavy atom. The highest BCUT2D eigenvalue weighted by atomic mass is 16.3. The van der Waals surface area contributed by atoms with E-state index < -0.39 is 18.2 Å². The van der Waals surface area contributed by atoms with Gasteiger partial charge in [-0.3, -0.25) is 0 Å². The van der Waals surface area contributed by atoms with Crippen LogP contribution >= 0.6 is 0 Å². The van der Waals surface area contributed by atoms with E-state index in [1.54, 1.807) is 17.6 Å². The summed E-state index contributed by atoms with van der Waals surface area (Å²) in [6.45, 7) is 1.40. The minimum absolute atomic E-state index is 0.269. The molecule has 2 aromatic heterocycles. The third-order valence-electron chi connectivity index (χ3n) is 3.50. The quantitative estimate of drug-likeness (QED) is 0.513. The molecule has 106 valence electrons. The average Bonchev–Trinajstić information content (AvgIpc) is 2.93. The maximum atomic E-state index is 10.1. The van der Waals surface area contributed by atoms with Gasteiger partial charge in [-0.15, -0.1) is 0 Å². The van der Waals surface area contributed by atoms with Crippen molar-refractivity contribution in [3.05, 3.63) is 23.8 Å². The van der Waals surface area contributed by atoms with Gasteiger partial charge in [-0.2, -0.15) is 0 Å². The predicted octanol–water partition coefficient (Wildman–Crippen LogP) is -1.09. The van der Waals surface area contributed by atoms with E-state index in [9.17, 15) is 10.2 Å². The molecule has 2 heterocycles. The summed E-state index contributed by atoms with van der Waals surface area (Å²) in [4.78, 5) is 12.4. The van der Waals surface area contributed by atoms with Crippen LogP contribution in [-0.2, 0) is 0 Å². The van der Waals surface area contributed by atoms with Gasteiger partial charge in [-0.1, -0.05) is 6.08 Å². The van der Waals surface area contributed by atoms with Crippen molar-refractivity contribution >= 4 is 17.0 Å². The number of nitrogens with zero attached hydrogens (tertiary/aromatic N) is 4. The highest BCUT2D eigenvalue weighted by Gasteiger charge is 2.36. The molecule has 0 unspecified atom stereocenters. The van der Waals surface area contributed by atoms with Gasteiger partial charge in [0.2, 0.25) is 0 Å². The molecule has 0 aliphatic heterocycles. The fourth-order valence-electron chi connectivity index (χ4n) is 2.48. The van der Waals surface area contributed by atoms with Crippen LogP contribution in [-0.4, -0.2) is 53.7 Å². The molecular weight excluding hydrogens is 262 g/mol. The van der Waals surface area contributed by atoms with E-state index in [-0.39, 0.29) is 12.4 Å². The maximum Gasteiger partial charge on any atom is 0.166 e. The highest BCUT2D eigenvalue weighted by molar-refractivity contribution is 5.81. The van der Waals surface area contributed by atoms with Crippen LogP contribution in [0.1, 0.15) is 11.9 Å². The van der Waals surface area contributed by atoms with Crippen LogP contribution in [0.25, 0.3) is 11.2 Å². The molecule has 3 atom stereocenters. The SMILES string of the molecule is Cc1nc(N)c2ncn([C@@H]3C=C(CO)[C@@H](O)[C@H]3O)c2n1. The molecule has 20 heavy (non-hydrogen) atoms. The lowest BCUT2D eigenvalue weighted by atomic mass is 10.1. The molecule has 8 heteroatoms. The standard InChI is InChI=1S/C12H15N5O3/c1-5-15-11(13)8-12(16-5)17(4-14-8)7-2-6(3-18)9(19)10(7)20/h2,4,7,9-10,18-20H,3H2,1H3,(H2,13,15,16)/t7-,9-,10+/m1/s1. The van der Waals surface area contributed by atoms with Crippen molar-refractivity contribution in [3.8, 4) is 0 Å². The van der Waals surface area contributed by atoms with E-state index in [2.05, 4.69) is 15.0 Å². The zero-order valence-corrected chi connectivity index (χ0v) is 10.8. The maximum absolute atomic E-state index is 10.1. The van der Waals surface area contributed by atoms with Gasteiger partial charge < -0.3 is 25.6 Å². The van der Waals surface area contributed by atoms with Crippen LogP contribution in [0.15, 0.2) is 18.0 Å². The molecule has 0 saturated carbocycles. The molecule has 0 radical (unpaired) electrons. The number of rotatable bonds is 2. The monoisotopic (exact) mass is 277 g/mol. The Bertz CT molecular complexity index is 696. The number of anilines is 1. The number of aromatic nitrogens is 4. The number of nitrogen functional groups attached to an aromatic ring is 1. The summed E-state index contributed by atoms with van der Waals surface area (Å²) >= 11 is 0. The first-order valence-electron chi connectivity index (χ1n) is 6.17. The molecular formula is C12H15N5O3. The number of aliphatic hydroxyl groups excluding tert-OH is 3. The number of aryl methyl sites for hydroxylation is 1. The highest BCUT2D eigenvalue weighted by Crippen LogP contribution is 2.31. The Morgan fingerprint density at radius 1 is 1.35 bits per heavy atom. The second-order valence-corrected chi connectivity index (χ2v) is 4.81. The van der Waals surface area contributed by atoms with E-state index in [1.165, 1.54) is 6.33 Å². The Kier molecular flexibility index (Phi) is 2.93. The molecule has 5 N–H and O–H groups in total. The van der Waals surface area contributed by atoms with Crippen molar-refractivity contribution < 1.29 is 15.3 Å². The summed E-state index contributed by atoms with van der Waals surface area (Å²) in [5.41, 5.74) is 7.10. The van der Waals surface area contributed by atoms with Gasteiger partial charge in [-0.05, 0) is 12.5 Å². The van der Waals surface area contributed by atoms with Crippen molar-refractivity contribution in [2.45, 2.75) is 25.2 Å². The lowest BCUT2D eigenvalue weighted by molar-refractivity contribution is 0.0287. The van der Waals surface area contributed by atoms with Crippen LogP contribution < -0.4 is 5.73 Å². The van der Waals surface area contributed by atoms with Crippen LogP contribution in [0.4, 0.5) is 5.82 Å². The molecule has 8 nitrogen and oxygen atoms in total. The summed E-state index contributed by atoms with van der Waals surface area (Å²) < 4.78 is 1.62. The summed E-state index contributed by atoms with van der Waals surface area (Å²) in [6, 6.07) is -0.550. The van der Waals surface area contributed by atoms with Crippen molar-refractivity contribution in [1.82, 2.24) is 19.5 Å². The Labute approximate surface area is 114 Å². The van der Waals surface area contributed by atoms with E-state index in [1.807, 2.05) is 0 Å². The summed E-state index contributed by atoms with van der Waals surface area (Å²) in [6.07, 6.45) is 0.949. The van der Waals surface area contributed by atoms with Gasteiger partial charge in [-0.25, -0.2) is 15.0 Å². The molecule has 0 fully saturated rings. The minimum Gasteiger partial charge on any atom is -0.392 e. The molecule has 2 aromatic rings. The molecule has 0 spiro atoms. The van der Waals surface area contributed by atoms with Crippen LogP contribution in [0.3, 0.4) is 0 Å². The first-order valence-corrected chi connectivity index (χ1v) is 6.17. The second-order valence-electron chi connectivity index (χ2n) is 4.81. The number of aliphatic hydroxyl groups is 3. The van der Waals surface area contributed by atoms with Crippen LogP contribution in [0.2, 0.25) is 0 Å². The van der Waals surface area contributed by atoms with E-state index >= 15 is 0 Å². The third-order valence-corrected chi connectivity index (χ3v) is 3.50. The van der Waals surface area contributed by atoms with Crippen LogP contribution in [0, 0.1) is 6.92 Å². The molecule has 3 rings (SSSR count). The molecule has 0 saturated heterocycles. The summed E-state index contributed by atoms with van der Waals surface area (Å²) in [5, 5.41) is 29.1. The molecule has 1 aliphatic rings. The Hall–Kier alpha value is -2.03. The smallest absolute Gasteiger partial charge is 0.166 e. The molecule has 0 aromatic carbocycles. The largest absolute Gasteiger partial charge is 0.392 e. The summed E-state index contributed by atoms with van der Waals surface area (Å²) in [7, 11) is 0. The number of imidazole rings is 1. The number of hydrogen-bond acceptors (Lipinski definition) is 7. The normalized spacial score (nSPS) is 26.2. The first kappa shape index (κ1) is 13.0. The lowest BCUT2D eigenvalue weighted by Crippen LogP contribution is -2.30. The number of hydrogen-bond donors (Lipinski definition) is 4. The molecule has 0 amide bonds. The fourth-order valence-corrected chi connectivity index (χ4v) is 2.48. The fraction of sp³-hybridized carbons (Fsp3) is 0.417. The zero-order valence-electron chi connectivity index (χ0n) is 10.8. The van der Waals surface area contributed by atoms with Crippen LogP contribution in [0.5, 0.6) is 0 Å². The average molecular weight is 277 g/mol. The van der Waals surface area contributed by atoms with Gasteiger partial charge in [0.1, 0.15) is 23.5 Å². The topological polar surface area (TPSA) is 130 Å². The van der Waals surface area contributed by atoms with Crippen molar-refractivity contribution in [3.63, 3.8) is 0 Å². The van der Waals surface area contributed by atoms with Gasteiger partial charge in [0.05, 0.1) is 19.0 Å². The second kappa shape index (κ2) is 4.51. The van der Waals surface area contributed by atoms with E-state index in [0.29, 0.717) is 22.6 Å². The molecule has 1 aliphatic carbocycles. The van der Waals surface area contributed by atoms with Gasteiger partial charge in [0.15, 0.2) is 11.5 Å².